The Hall–Kier alpha value is -3.10. The number of hydroxylamine groups is 1. The quantitative estimate of drug-likeness (QED) is 0.443. The fourth-order valence-electron chi connectivity index (χ4n) is 3.53. The van der Waals surface area contributed by atoms with E-state index >= 15 is 0 Å². The topological polar surface area (TPSA) is 111 Å². The van der Waals surface area contributed by atoms with Crippen molar-refractivity contribution in [3.63, 3.8) is 0 Å². The highest BCUT2D eigenvalue weighted by Gasteiger charge is 2.35. The van der Waals surface area contributed by atoms with Gasteiger partial charge in [0.1, 0.15) is 6.04 Å². The molecule has 1 saturated heterocycles. The van der Waals surface area contributed by atoms with Gasteiger partial charge in [-0.2, -0.15) is 0 Å². The number of hydrogen-bond donors (Lipinski definition) is 4. The van der Waals surface area contributed by atoms with E-state index in [4.69, 9.17) is 10.9 Å². The van der Waals surface area contributed by atoms with Crippen LogP contribution < -0.4 is 21.4 Å². The van der Waals surface area contributed by atoms with E-state index in [1.807, 2.05) is 18.2 Å². The molecule has 1 aliphatic rings. The molecule has 0 aromatic heterocycles. The number of carbonyl (C=O) groups excluding carboxylic acids is 2. The molecule has 1 aliphatic heterocycles. The van der Waals surface area contributed by atoms with Crippen molar-refractivity contribution in [3.8, 4) is 11.1 Å². The lowest BCUT2D eigenvalue weighted by molar-refractivity contribution is -0.132. The first kappa shape index (κ1) is 21.6. The van der Waals surface area contributed by atoms with E-state index in [0.717, 1.165) is 11.3 Å². The number of piperazine rings is 1. The van der Waals surface area contributed by atoms with E-state index in [0.29, 0.717) is 26.2 Å². The monoisotopic (exact) mass is 411 g/mol. The van der Waals surface area contributed by atoms with E-state index in [9.17, 15) is 9.59 Å². The lowest BCUT2D eigenvalue weighted by Crippen LogP contribution is -2.64. The van der Waals surface area contributed by atoms with Gasteiger partial charge in [-0.1, -0.05) is 42.5 Å². The van der Waals surface area contributed by atoms with Gasteiger partial charge in [-0.15, -0.1) is 0 Å². The minimum absolute atomic E-state index is 0.374. The minimum Gasteiger partial charge on any atom is -0.368 e. The summed E-state index contributed by atoms with van der Waals surface area (Å²) in [4.78, 5) is 28.3. The van der Waals surface area contributed by atoms with Crippen molar-refractivity contribution in [2.45, 2.75) is 25.4 Å². The number of amides is 3. The molecule has 5 N–H and O–H groups in total. The maximum Gasteiger partial charge on any atom is 0.318 e. The van der Waals surface area contributed by atoms with Crippen LogP contribution in [-0.2, 0) is 4.79 Å². The van der Waals surface area contributed by atoms with Crippen molar-refractivity contribution >= 4 is 17.6 Å². The number of benzene rings is 2. The third-order valence-electron chi connectivity index (χ3n) is 5.29. The highest BCUT2D eigenvalue weighted by atomic mass is 16.5. The van der Waals surface area contributed by atoms with Crippen molar-refractivity contribution in [3.05, 3.63) is 54.6 Å². The molecule has 2 aromatic carbocycles. The third-order valence-corrected chi connectivity index (χ3v) is 5.29. The van der Waals surface area contributed by atoms with Gasteiger partial charge in [0.15, 0.2) is 0 Å². The van der Waals surface area contributed by atoms with Gasteiger partial charge in [0.2, 0.25) is 0 Å². The molecule has 0 spiro atoms. The molecule has 0 aliphatic carbocycles. The molecule has 8 nitrogen and oxygen atoms in total. The van der Waals surface area contributed by atoms with Crippen molar-refractivity contribution in [2.75, 3.05) is 31.1 Å². The fraction of sp³-hybridized carbons (Fsp3) is 0.364. The average molecular weight is 412 g/mol. The first-order valence-corrected chi connectivity index (χ1v) is 9.98. The van der Waals surface area contributed by atoms with E-state index < -0.39 is 17.5 Å². The zero-order valence-electron chi connectivity index (χ0n) is 17.3. The Labute approximate surface area is 176 Å². The van der Waals surface area contributed by atoms with Crippen molar-refractivity contribution < 1.29 is 14.8 Å². The van der Waals surface area contributed by atoms with E-state index in [2.05, 4.69) is 46.6 Å². The zero-order valence-corrected chi connectivity index (χ0v) is 17.3. The summed E-state index contributed by atoms with van der Waals surface area (Å²) < 4.78 is 0. The van der Waals surface area contributed by atoms with E-state index in [1.165, 1.54) is 5.56 Å². The summed E-state index contributed by atoms with van der Waals surface area (Å²) in [5, 5.41) is 11.5. The first-order valence-electron chi connectivity index (χ1n) is 9.98. The zero-order chi connectivity index (χ0) is 21.7. The molecule has 1 fully saturated rings. The SMILES string of the molecule is CC(C)(N)[C@@H](NC(=O)N1CCN(c2ccc(-c3ccccc3)cc2)CC1)C(=O)NO. The molecular formula is C22H29N5O3. The van der Waals surface area contributed by atoms with Crippen LogP contribution in [0.5, 0.6) is 0 Å². The maximum absolute atomic E-state index is 12.6. The number of rotatable bonds is 5. The van der Waals surface area contributed by atoms with Gasteiger partial charge in [-0.3, -0.25) is 10.0 Å². The number of carbonyl (C=O) groups is 2. The summed E-state index contributed by atoms with van der Waals surface area (Å²) in [6.45, 7) is 5.63. The molecule has 0 saturated carbocycles. The van der Waals surface area contributed by atoms with Gasteiger partial charge in [-0.05, 0) is 37.1 Å². The van der Waals surface area contributed by atoms with Crippen molar-refractivity contribution in [1.82, 2.24) is 15.7 Å². The molecule has 30 heavy (non-hydrogen) atoms. The molecule has 3 rings (SSSR count). The Morgan fingerprint density at radius 1 is 0.967 bits per heavy atom. The van der Waals surface area contributed by atoms with Crippen LogP contribution in [0.4, 0.5) is 10.5 Å². The lowest BCUT2D eigenvalue weighted by atomic mass is 9.95. The van der Waals surface area contributed by atoms with E-state index in [-0.39, 0.29) is 6.03 Å². The van der Waals surface area contributed by atoms with Crippen LogP contribution in [0, 0.1) is 0 Å². The normalized spacial score (nSPS) is 15.5. The van der Waals surface area contributed by atoms with Crippen molar-refractivity contribution in [2.24, 2.45) is 5.73 Å². The molecule has 0 unspecified atom stereocenters. The summed E-state index contributed by atoms with van der Waals surface area (Å²) in [7, 11) is 0. The van der Waals surface area contributed by atoms with Gasteiger partial charge in [0, 0.05) is 37.4 Å². The van der Waals surface area contributed by atoms with Crippen LogP contribution in [0.2, 0.25) is 0 Å². The second kappa shape index (κ2) is 9.15. The highest BCUT2D eigenvalue weighted by Crippen LogP contribution is 2.23. The molecule has 0 radical (unpaired) electrons. The Morgan fingerprint density at radius 2 is 1.53 bits per heavy atom. The second-order valence-corrected chi connectivity index (χ2v) is 8.07. The number of anilines is 1. The minimum atomic E-state index is -1.04. The molecule has 0 bridgehead atoms. The molecular weight excluding hydrogens is 382 g/mol. The van der Waals surface area contributed by atoms with Gasteiger partial charge in [0.05, 0.1) is 0 Å². The summed E-state index contributed by atoms with van der Waals surface area (Å²) in [5.41, 5.74) is 9.96. The van der Waals surface area contributed by atoms with Crippen LogP contribution in [0.3, 0.4) is 0 Å². The van der Waals surface area contributed by atoms with Crippen LogP contribution in [0.25, 0.3) is 11.1 Å². The summed E-state index contributed by atoms with van der Waals surface area (Å²) >= 11 is 0. The van der Waals surface area contributed by atoms with E-state index in [1.54, 1.807) is 24.2 Å². The number of nitrogens with one attached hydrogen (secondary N) is 2. The molecule has 2 aromatic rings. The largest absolute Gasteiger partial charge is 0.368 e. The molecule has 3 amide bonds. The van der Waals surface area contributed by atoms with Gasteiger partial charge < -0.3 is 20.9 Å². The number of hydrogen-bond acceptors (Lipinski definition) is 5. The van der Waals surface area contributed by atoms with Gasteiger partial charge >= 0.3 is 6.03 Å². The first-order chi connectivity index (χ1) is 14.3. The number of nitrogens with two attached hydrogens (primary N) is 1. The number of nitrogens with zero attached hydrogens (tertiary/aromatic N) is 2. The Morgan fingerprint density at radius 3 is 2.07 bits per heavy atom. The third kappa shape index (κ3) is 5.08. The molecule has 8 heteroatoms. The number of urea groups is 1. The summed E-state index contributed by atoms with van der Waals surface area (Å²) in [6.07, 6.45) is 0. The van der Waals surface area contributed by atoms with Crippen LogP contribution in [0.15, 0.2) is 54.6 Å². The van der Waals surface area contributed by atoms with Crippen molar-refractivity contribution in [1.29, 1.82) is 0 Å². The summed E-state index contributed by atoms with van der Waals surface area (Å²) in [6, 6.07) is 17.2. The van der Waals surface area contributed by atoms with Gasteiger partial charge in [0.25, 0.3) is 5.91 Å². The Bertz CT molecular complexity index is 857. The highest BCUT2D eigenvalue weighted by molar-refractivity contribution is 5.87. The lowest BCUT2D eigenvalue weighted by Gasteiger charge is -2.38. The predicted molar refractivity (Wildman–Crippen MR) is 116 cm³/mol. The Balaban J connectivity index is 1.58. The predicted octanol–water partition coefficient (Wildman–Crippen LogP) is 1.80. The second-order valence-electron chi connectivity index (χ2n) is 8.07. The molecule has 160 valence electrons. The fourth-order valence-corrected chi connectivity index (χ4v) is 3.53. The van der Waals surface area contributed by atoms with Crippen LogP contribution in [-0.4, -0.2) is 59.8 Å². The van der Waals surface area contributed by atoms with Gasteiger partial charge in [-0.25, -0.2) is 10.3 Å². The maximum atomic E-state index is 12.6. The standard InChI is InChI=1S/C22H29N5O3/c1-22(2,23)19(20(28)25-30)24-21(29)27-14-12-26(13-15-27)18-10-8-17(9-11-18)16-6-4-3-5-7-16/h3-11,19,30H,12-15,23H2,1-2H3,(H,24,29)(H,25,28)/t19-/m0/s1. The van der Waals surface area contributed by atoms with Crippen LogP contribution >= 0.6 is 0 Å². The Kier molecular flexibility index (Phi) is 6.59. The van der Waals surface area contributed by atoms with Crippen LogP contribution in [0.1, 0.15) is 13.8 Å². The smallest absolute Gasteiger partial charge is 0.318 e. The summed E-state index contributed by atoms with van der Waals surface area (Å²) in [5.74, 6) is -0.743. The molecule has 1 atom stereocenters. The molecule has 1 heterocycles. The average Bonchev–Trinajstić information content (AvgIpc) is 2.77.